The van der Waals surface area contributed by atoms with Gasteiger partial charge in [0.1, 0.15) is 6.33 Å². The molecular weight excluding hydrogens is 246 g/mol. The molecule has 1 amide bonds. The topological polar surface area (TPSA) is 92.2 Å². The van der Waals surface area contributed by atoms with E-state index in [4.69, 9.17) is 5.11 Å². The molecule has 0 aliphatic carbocycles. The standard InChI is InChI=1S/C13H11N3O3/c1-8-3-2-4-10(11(8)13(18)19)16-12(17)9-5-14-7-15-6-9/h2-7H,1H3,(H,16,17)(H,18,19). The summed E-state index contributed by atoms with van der Waals surface area (Å²) in [5, 5.41) is 11.7. The fourth-order valence-electron chi connectivity index (χ4n) is 1.67. The van der Waals surface area contributed by atoms with Crippen molar-refractivity contribution in [2.45, 2.75) is 6.92 Å². The van der Waals surface area contributed by atoms with Gasteiger partial charge in [0.2, 0.25) is 0 Å². The molecule has 2 aromatic rings. The molecule has 2 rings (SSSR count). The first-order chi connectivity index (χ1) is 9.09. The van der Waals surface area contributed by atoms with Crippen molar-refractivity contribution in [3.8, 4) is 0 Å². The molecule has 96 valence electrons. The lowest BCUT2D eigenvalue weighted by Gasteiger charge is -2.10. The van der Waals surface area contributed by atoms with Crippen molar-refractivity contribution in [3.63, 3.8) is 0 Å². The van der Waals surface area contributed by atoms with E-state index in [9.17, 15) is 9.59 Å². The lowest BCUT2D eigenvalue weighted by molar-refractivity contribution is 0.0697. The van der Waals surface area contributed by atoms with Crippen LogP contribution in [0.3, 0.4) is 0 Å². The molecule has 6 heteroatoms. The van der Waals surface area contributed by atoms with E-state index in [0.717, 1.165) is 0 Å². The Balaban J connectivity index is 2.32. The van der Waals surface area contributed by atoms with Crippen molar-refractivity contribution in [2.75, 3.05) is 5.32 Å². The highest BCUT2D eigenvalue weighted by atomic mass is 16.4. The third kappa shape index (κ3) is 2.74. The van der Waals surface area contributed by atoms with Crippen molar-refractivity contribution in [3.05, 3.63) is 53.6 Å². The summed E-state index contributed by atoms with van der Waals surface area (Å²) in [7, 11) is 0. The first kappa shape index (κ1) is 12.7. The van der Waals surface area contributed by atoms with Gasteiger partial charge < -0.3 is 10.4 Å². The van der Waals surface area contributed by atoms with E-state index in [-0.39, 0.29) is 16.8 Å². The molecular formula is C13H11N3O3. The van der Waals surface area contributed by atoms with Crippen molar-refractivity contribution in [2.24, 2.45) is 0 Å². The monoisotopic (exact) mass is 257 g/mol. The normalized spacial score (nSPS) is 9.95. The Hall–Kier alpha value is -2.76. The summed E-state index contributed by atoms with van der Waals surface area (Å²) in [5.74, 6) is -1.54. The van der Waals surface area contributed by atoms with Gasteiger partial charge in [-0.1, -0.05) is 12.1 Å². The van der Waals surface area contributed by atoms with Crippen LogP contribution in [0.2, 0.25) is 0 Å². The van der Waals surface area contributed by atoms with Crippen molar-refractivity contribution in [1.29, 1.82) is 0 Å². The van der Waals surface area contributed by atoms with Gasteiger partial charge in [-0.15, -0.1) is 0 Å². The lowest BCUT2D eigenvalue weighted by Crippen LogP contribution is -2.16. The second-order valence-corrected chi connectivity index (χ2v) is 3.88. The quantitative estimate of drug-likeness (QED) is 0.873. The zero-order valence-electron chi connectivity index (χ0n) is 10.1. The van der Waals surface area contributed by atoms with Gasteiger partial charge in [0.15, 0.2) is 0 Å². The van der Waals surface area contributed by atoms with Gasteiger partial charge in [-0.3, -0.25) is 4.79 Å². The van der Waals surface area contributed by atoms with Gasteiger partial charge >= 0.3 is 5.97 Å². The highest BCUT2D eigenvalue weighted by molar-refractivity contribution is 6.07. The molecule has 0 aliphatic rings. The number of rotatable bonds is 3. The van der Waals surface area contributed by atoms with Gasteiger partial charge in [-0.05, 0) is 18.6 Å². The predicted octanol–water partition coefficient (Wildman–Crippen LogP) is 1.74. The summed E-state index contributed by atoms with van der Waals surface area (Å²) in [6.07, 6.45) is 4.03. The van der Waals surface area contributed by atoms with Crippen molar-refractivity contribution < 1.29 is 14.7 Å². The number of benzene rings is 1. The zero-order chi connectivity index (χ0) is 13.8. The number of hydrogen-bond acceptors (Lipinski definition) is 4. The Morgan fingerprint density at radius 1 is 1.21 bits per heavy atom. The van der Waals surface area contributed by atoms with Gasteiger partial charge in [0.05, 0.1) is 16.8 Å². The summed E-state index contributed by atoms with van der Waals surface area (Å²) in [6, 6.07) is 4.89. The second-order valence-electron chi connectivity index (χ2n) is 3.88. The summed E-state index contributed by atoms with van der Waals surface area (Å²) in [4.78, 5) is 30.6. The minimum atomic E-state index is -1.09. The van der Waals surface area contributed by atoms with Crippen LogP contribution in [0.1, 0.15) is 26.3 Å². The average Bonchev–Trinajstić information content (AvgIpc) is 2.39. The van der Waals surface area contributed by atoms with Crippen LogP contribution in [0.15, 0.2) is 36.9 Å². The number of amides is 1. The molecule has 1 aromatic carbocycles. The number of nitrogens with zero attached hydrogens (tertiary/aromatic N) is 2. The molecule has 1 aromatic heterocycles. The van der Waals surface area contributed by atoms with Gasteiger partial charge in [-0.25, -0.2) is 14.8 Å². The minimum Gasteiger partial charge on any atom is -0.478 e. The molecule has 19 heavy (non-hydrogen) atoms. The summed E-state index contributed by atoms with van der Waals surface area (Å²) >= 11 is 0. The minimum absolute atomic E-state index is 0.0766. The molecule has 2 N–H and O–H groups in total. The number of hydrogen-bond donors (Lipinski definition) is 2. The van der Waals surface area contributed by atoms with Gasteiger partial charge in [-0.2, -0.15) is 0 Å². The van der Waals surface area contributed by atoms with E-state index in [1.165, 1.54) is 24.8 Å². The highest BCUT2D eigenvalue weighted by Gasteiger charge is 2.15. The number of aromatic nitrogens is 2. The third-order valence-corrected chi connectivity index (χ3v) is 2.56. The molecule has 0 saturated carbocycles. The molecule has 0 bridgehead atoms. The van der Waals surface area contributed by atoms with Crippen LogP contribution < -0.4 is 5.32 Å². The number of carboxylic acids is 1. The zero-order valence-corrected chi connectivity index (χ0v) is 10.1. The number of anilines is 1. The lowest BCUT2D eigenvalue weighted by atomic mass is 10.1. The summed E-state index contributed by atoms with van der Waals surface area (Å²) in [6.45, 7) is 1.67. The van der Waals surface area contributed by atoms with Crippen LogP contribution in [0.4, 0.5) is 5.69 Å². The molecule has 0 radical (unpaired) electrons. The van der Waals surface area contributed by atoms with E-state index in [2.05, 4.69) is 15.3 Å². The Morgan fingerprint density at radius 2 is 1.89 bits per heavy atom. The highest BCUT2D eigenvalue weighted by Crippen LogP contribution is 2.20. The summed E-state index contributed by atoms with van der Waals surface area (Å²) in [5.41, 5.74) is 1.17. The summed E-state index contributed by atoms with van der Waals surface area (Å²) < 4.78 is 0. The molecule has 0 unspecified atom stereocenters. The number of carbonyl (C=O) groups excluding carboxylic acids is 1. The Labute approximate surface area is 109 Å². The predicted molar refractivity (Wildman–Crippen MR) is 68.1 cm³/mol. The molecule has 0 spiro atoms. The van der Waals surface area contributed by atoms with Crippen molar-refractivity contribution >= 4 is 17.6 Å². The third-order valence-electron chi connectivity index (χ3n) is 2.56. The molecule has 0 fully saturated rings. The number of nitrogens with one attached hydrogen (secondary N) is 1. The van der Waals surface area contributed by atoms with Crippen LogP contribution >= 0.6 is 0 Å². The number of carbonyl (C=O) groups is 2. The van der Waals surface area contributed by atoms with Crippen molar-refractivity contribution in [1.82, 2.24) is 9.97 Å². The van der Waals surface area contributed by atoms with Crippen LogP contribution in [-0.2, 0) is 0 Å². The number of carboxylic acid groups (broad SMARTS) is 1. The van der Waals surface area contributed by atoms with E-state index < -0.39 is 11.9 Å². The number of aryl methyl sites for hydroxylation is 1. The van der Waals surface area contributed by atoms with E-state index in [1.54, 1.807) is 19.1 Å². The maximum atomic E-state index is 11.9. The molecule has 0 atom stereocenters. The van der Waals surface area contributed by atoms with Crippen LogP contribution in [0.25, 0.3) is 0 Å². The second kappa shape index (κ2) is 5.26. The van der Waals surface area contributed by atoms with Crippen LogP contribution in [0.5, 0.6) is 0 Å². The van der Waals surface area contributed by atoms with Crippen LogP contribution in [-0.4, -0.2) is 27.0 Å². The molecule has 1 heterocycles. The van der Waals surface area contributed by atoms with E-state index in [0.29, 0.717) is 5.56 Å². The Bertz CT molecular complexity index is 626. The van der Waals surface area contributed by atoms with Gasteiger partial charge in [0, 0.05) is 12.4 Å². The SMILES string of the molecule is Cc1cccc(NC(=O)c2cncnc2)c1C(=O)O. The molecule has 0 saturated heterocycles. The van der Waals surface area contributed by atoms with E-state index >= 15 is 0 Å². The first-order valence-electron chi connectivity index (χ1n) is 5.49. The van der Waals surface area contributed by atoms with Crippen LogP contribution in [0, 0.1) is 6.92 Å². The van der Waals surface area contributed by atoms with E-state index in [1.807, 2.05) is 0 Å². The Morgan fingerprint density at radius 3 is 2.53 bits per heavy atom. The maximum Gasteiger partial charge on any atom is 0.338 e. The fraction of sp³-hybridized carbons (Fsp3) is 0.0769. The average molecular weight is 257 g/mol. The first-order valence-corrected chi connectivity index (χ1v) is 5.49. The molecule has 6 nitrogen and oxygen atoms in total. The molecule has 0 aliphatic heterocycles. The maximum absolute atomic E-state index is 11.9. The largest absolute Gasteiger partial charge is 0.478 e. The number of aromatic carboxylic acids is 1. The Kier molecular flexibility index (Phi) is 3.51. The smallest absolute Gasteiger partial charge is 0.338 e. The van der Waals surface area contributed by atoms with Gasteiger partial charge in [0.25, 0.3) is 5.91 Å². The fourth-order valence-corrected chi connectivity index (χ4v) is 1.67.